The second kappa shape index (κ2) is 7.14. The van der Waals surface area contributed by atoms with Crippen molar-refractivity contribution in [2.24, 2.45) is 5.92 Å². The number of hydrogen-bond donors (Lipinski definition) is 1. The van der Waals surface area contributed by atoms with Gasteiger partial charge in [0, 0.05) is 7.05 Å². The van der Waals surface area contributed by atoms with Crippen LogP contribution in [0.25, 0.3) is 0 Å². The Morgan fingerprint density at radius 1 is 1.32 bits per heavy atom. The minimum atomic E-state index is 0.0963. The summed E-state index contributed by atoms with van der Waals surface area (Å²) >= 11 is 0. The van der Waals surface area contributed by atoms with E-state index in [1.54, 1.807) is 7.05 Å². The molecule has 1 aromatic rings. The van der Waals surface area contributed by atoms with Crippen LogP contribution >= 0.6 is 0 Å². The monoisotopic (exact) mass is 262 g/mol. The van der Waals surface area contributed by atoms with Crippen molar-refractivity contribution in [3.63, 3.8) is 0 Å². The molecule has 19 heavy (non-hydrogen) atoms. The lowest BCUT2D eigenvalue weighted by molar-refractivity contribution is -0.122. The molecule has 0 saturated carbocycles. The van der Waals surface area contributed by atoms with E-state index in [0.717, 1.165) is 38.3 Å². The fourth-order valence-corrected chi connectivity index (χ4v) is 2.32. The van der Waals surface area contributed by atoms with Gasteiger partial charge in [-0.05, 0) is 44.0 Å². The quantitative estimate of drug-likeness (QED) is 0.875. The molecule has 0 aliphatic carbocycles. The fourth-order valence-electron chi connectivity index (χ4n) is 2.32. The lowest BCUT2D eigenvalue weighted by Gasteiger charge is -2.31. The number of carbonyl (C=O) groups is 1. The van der Waals surface area contributed by atoms with Gasteiger partial charge in [0.1, 0.15) is 5.75 Å². The van der Waals surface area contributed by atoms with Gasteiger partial charge in [-0.1, -0.05) is 18.2 Å². The molecule has 0 bridgehead atoms. The molecule has 1 amide bonds. The molecule has 1 heterocycles. The van der Waals surface area contributed by atoms with E-state index in [1.807, 2.05) is 30.3 Å². The molecule has 0 atom stereocenters. The van der Waals surface area contributed by atoms with E-state index in [4.69, 9.17) is 4.74 Å². The summed E-state index contributed by atoms with van der Waals surface area (Å²) in [7, 11) is 1.68. The van der Waals surface area contributed by atoms with Crippen molar-refractivity contribution >= 4 is 5.91 Å². The molecule has 0 radical (unpaired) electrons. The Labute approximate surface area is 114 Å². The van der Waals surface area contributed by atoms with E-state index >= 15 is 0 Å². The number of nitrogens with one attached hydrogen (secondary N) is 1. The molecule has 1 saturated heterocycles. The van der Waals surface area contributed by atoms with Crippen molar-refractivity contribution in [2.45, 2.75) is 12.8 Å². The average Bonchev–Trinajstić information content (AvgIpc) is 2.47. The van der Waals surface area contributed by atoms with Gasteiger partial charge in [-0.3, -0.25) is 9.69 Å². The Kier molecular flexibility index (Phi) is 5.21. The average molecular weight is 262 g/mol. The molecule has 4 nitrogen and oxygen atoms in total. The summed E-state index contributed by atoms with van der Waals surface area (Å²) in [5, 5.41) is 2.66. The summed E-state index contributed by atoms with van der Waals surface area (Å²) in [6, 6.07) is 9.94. The smallest absolute Gasteiger partial charge is 0.233 e. The van der Waals surface area contributed by atoms with Crippen molar-refractivity contribution in [3.05, 3.63) is 30.3 Å². The number of hydrogen-bond acceptors (Lipinski definition) is 3. The van der Waals surface area contributed by atoms with E-state index < -0.39 is 0 Å². The highest BCUT2D eigenvalue weighted by Crippen LogP contribution is 2.19. The van der Waals surface area contributed by atoms with Crippen LogP contribution in [-0.2, 0) is 4.79 Å². The number of likely N-dealkylation sites (tertiary alicyclic amines) is 1. The van der Waals surface area contributed by atoms with E-state index in [0.29, 0.717) is 12.5 Å². The molecule has 0 aromatic heterocycles. The molecule has 1 aliphatic heterocycles. The number of benzene rings is 1. The Hall–Kier alpha value is -1.55. The maximum absolute atomic E-state index is 11.3. The Morgan fingerprint density at radius 3 is 2.63 bits per heavy atom. The summed E-state index contributed by atoms with van der Waals surface area (Å²) in [5.74, 6) is 1.63. The maximum Gasteiger partial charge on any atom is 0.233 e. The fraction of sp³-hybridized carbons (Fsp3) is 0.533. The zero-order valence-corrected chi connectivity index (χ0v) is 11.5. The first kappa shape index (κ1) is 13.9. The standard InChI is InChI=1S/C15H22N2O2/c1-16-15(18)11-17-9-7-13(8-10-17)12-19-14-5-3-2-4-6-14/h2-6,13H,7-12H2,1H3,(H,16,18). The zero-order chi connectivity index (χ0) is 13.5. The molecule has 4 heteroatoms. The Bertz CT molecular complexity index is 386. The van der Waals surface area contributed by atoms with Crippen LogP contribution in [0.1, 0.15) is 12.8 Å². The first-order chi connectivity index (χ1) is 9.28. The van der Waals surface area contributed by atoms with Crippen LogP contribution in [-0.4, -0.2) is 44.1 Å². The molecule has 1 aliphatic rings. The van der Waals surface area contributed by atoms with Crippen LogP contribution in [0.3, 0.4) is 0 Å². The second-order valence-electron chi connectivity index (χ2n) is 5.02. The largest absolute Gasteiger partial charge is 0.493 e. The predicted octanol–water partition coefficient (Wildman–Crippen LogP) is 1.52. The number of ether oxygens (including phenoxy) is 1. The Balaban J connectivity index is 1.67. The third kappa shape index (κ3) is 4.56. The molecule has 2 rings (SSSR count). The molecule has 1 aromatic carbocycles. The lowest BCUT2D eigenvalue weighted by Crippen LogP contribution is -2.41. The molecule has 1 N–H and O–H groups in total. The predicted molar refractivity (Wildman–Crippen MR) is 75.2 cm³/mol. The molecule has 0 spiro atoms. The molecule has 104 valence electrons. The van der Waals surface area contributed by atoms with Gasteiger partial charge in [0.15, 0.2) is 0 Å². The van der Waals surface area contributed by atoms with Crippen LogP contribution in [0, 0.1) is 5.92 Å². The van der Waals surface area contributed by atoms with E-state index in [2.05, 4.69) is 10.2 Å². The highest BCUT2D eigenvalue weighted by molar-refractivity contribution is 5.77. The number of rotatable bonds is 5. The number of carbonyl (C=O) groups excluding carboxylic acids is 1. The van der Waals surface area contributed by atoms with Crippen molar-refractivity contribution in [1.29, 1.82) is 0 Å². The zero-order valence-electron chi connectivity index (χ0n) is 11.5. The summed E-state index contributed by atoms with van der Waals surface area (Å²) in [4.78, 5) is 13.5. The van der Waals surface area contributed by atoms with Crippen molar-refractivity contribution in [3.8, 4) is 5.75 Å². The van der Waals surface area contributed by atoms with Gasteiger partial charge in [-0.15, -0.1) is 0 Å². The molecular formula is C15H22N2O2. The number of amides is 1. The first-order valence-electron chi connectivity index (χ1n) is 6.88. The van der Waals surface area contributed by atoms with Gasteiger partial charge >= 0.3 is 0 Å². The molecule has 0 unspecified atom stereocenters. The second-order valence-corrected chi connectivity index (χ2v) is 5.02. The highest BCUT2D eigenvalue weighted by Gasteiger charge is 2.20. The van der Waals surface area contributed by atoms with Gasteiger partial charge in [0.05, 0.1) is 13.2 Å². The summed E-state index contributed by atoms with van der Waals surface area (Å²) in [6.07, 6.45) is 2.20. The van der Waals surface area contributed by atoms with Gasteiger partial charge in [0.25, 0.3) is 0 Å². The van der Waals surface area contributed by atoms with Crippen molar-refractivity contribution in [2.75, 3.05) is 33.3 Å². The van der Waals surface area contributed by atoms with Gasteiger partial charge < -0.3 is 10.1 Å². The molecular weight excluding hydrogens is 240 g/mol. The van der Waals surface area contributed by atoms with Crippen LogP contribution in [0.4, 0.5) is 0 Å². The third-order valence-electron chi connectivity index (χ3n) is 3.58. The van der Waals surface area contributed by atoms with Gasteiger partial charge in [-0.2, -0.15) is 0 Å². The van der Waals surface area contributed by atoms with Gasteiger partial charge in [0.2, 0.25) is 5.91 Å². The highest BCUT2D eigenvalue weighted by atomic mass is 16.5. The van der Waals surface area contributed by atoms with Crippen LogP contribution < -0.4 is 10.1 Å². The summed E-state index contributed by atoms with van der Waals surface area (Å²) in [6.45, 7) is 3.26. The summed E-state index contributed by atoms with van der Waals surface area (Å²) in [5.41, 5.74) is 0. The van der Waals surface area contributed by atoms with Crippen molar-refractivity contribution in [1.82, 2.24) is 10.2 Å². The number of para-hydroxylation sites is 1. The van der Waals surface area contributed by atoms with Gasteiger partial charge in [-0.25, -0.2) is 0 Å². The van der Waals surface area contributed by atoms with Crippen LogP contribution in [0.2, 0.25) is 0 Å². The first-order valence-corrected chi connectivity index (χ1v) is 6.88. The minimum absolute atomic E-state index is 0.0963. The van der Waals surface area contributed by atoms with Crippen molar-refractivity contribution < 1.29 is 9.53 Å². The van der Waals surface area contributed by atoms with E-state index in [1.165, 1.54) is 0 Å². The maximum atomic E-state index is 11.3. The number of piperidine rings is 1. The van der Waals surface area contributed by atoms with E-state index in [-0.39, 0.29) is 5.91 Å². The van der Waals surface area contributed by atoms with Crippen LogP contribution in [0.5, 0.6) is 5.75 Å². The lowest BCUT2D eigenvalue weighted by atomic mass is 9.98. The van der Waals surface area contributed by atoms with E-state index in [9.17, 15) is 4.79 Å². The molecule has 1 fully saturated rings. The topological polar surface area (TPSA) is 41.6 Å². The summed E-state index contributed by atoms with van der Waals surface area (Å²) < 4.78 is 5.79. The minimum Gasteiger partial charge on any atom is -0.493 e. The normalized spacial score (nSPS) is 17.1. The number of likely N-dealkylation sites (N-methyl/N-ethyl adjacent to an activating group) is 1. The third-order valence-corrected chi connectivity index (χ3v) is 3.58. The SMILES string of the molecule is CNC(=O)CN1CCC(COc2ccccc2)CC1. The van der Waals surface area contributed by atoms with Crippen LogP contribution in [0.15, 0.2) is 30.3 Å². The number of nitrogens with zero attached hydrogens (tertiary/aromatic N) is 1. The Morgan fingerprint density at radius 2 is 2.00 bits per heavy atom.